The number of hydrogen-bond donors (Lipinski definition) is 0. The first-order chi connectivity index (χ1) is 13.0. The fraction of sp³-hybridized carbons (Fsp3) is 0.381. The summed E-state index contributed by atoms with van der Waals surface area (Å²) in [4.78, 5) is 22.9. The van der Waals surface area contributed by atoms with Crippen molar-refractivity contribution in [3.63, 3.8) is 0 Å². The van der Waals surface area contributed by atoms with E-state index in [-0.39, 0.29) is 18.0 Å². The molecule has 6 heteroatoms. The Kier molecular flexibility index (Phi) is 4.64. The van der Waals surface area contributed by atoms with Gasteiger partial charge >= 0.3 is 0 Å². The molecule has 0 atom stereocenters. The van der Waals surface area contributed by atoms with E-state index in [0.29, 0.717) is 5.39 Å². The van der Waals surface area contributed by atoms with Crippen LogP contribution in [0.25, 0.3) is 22.0 Å². The van der Waals surface area contributed by atoms with Gasteiger partial charge in [-0.3, -0.25) is 9.78 Å². The predicted octanol–water partition coefficient (Wildman–Crippen LogP) is 3.64. The number of halogens is 1. The van der Waals surface area contributed by atoms with Crippen LogP contribution in [0.3, 0.4) is 0 Å². The van der Waals surface area contributed by atoms with E-state index in [1.165, 1.54) is 0 Å². The molecule has 0 saturated carbocycles. The molecule has 0 bridgehead atoms. The van der Waals surface area contributed by atoms with Crippen LogP contribution in [0.5, 0.6) is 0 Å². The highest BCUT2D eigenvalue weighted by atomic mass is 19.1. The maximum absolute atomic E-state index is 15.1. The molecule has 1 amide bonds. The molecule has 0 unspecified atom stereocenters. The van der Waals surface area contributed by atoms with Crippen LogP contribution in [-0.2, 0) is 18.3 Å². The number of pyridine rings is 1. The first-order valence-electron chi connectivity index (χ1n) is 9.38. The molecular formula is C21H23FN4O. The number of aromatic nitrogens is 3. The van der Waals surface area contributed by atoms with Crippen molar-refractivity contribution >= 4 is 16.7 Å². The zero-order valence-corrected chi connectivity index (χ0v) is 15.7. The maximum Gasteiger partial charge on any atom is 0.228 e. The Hall–Kier alpha value is -2.76. The topological polar surface area (TPSA) is 51.0 Å². The van der Waals surface area contributed by atoms with Crippen molar-refractivity contribution in [3.8, 4) is 11.3 Å². The Morgan fingerprint density at radius 1 is 1.15 bits per heavy atom. The fourth-order valence-electron chi connectivity index (χ4n) is 3.67. The van der Waals surface area contributed by atoms with Crippen LogP contribution < -0.4 is 0 Å². The van der Waals surface area contributed by atoms with E-state index in [0.717, 1.165) is 54.8 Å². The average Bonchev–Trinajstić information content (AvgIpc) is 3.03. The summed E-state index contributed by atoms with van der Waals surface area (Å²) in [5.41, 5.74) is 2.04. The summed E-state index contributed by atoms with van der Waals surface area (Å²) in [7, 11) is 1.94. The number of carbonyl (C=O) groups excluding carboxylic acids is 1. The number of fused-ring (bicyclic) bond motifs is 1. The number of hydrogen-bond acceptors (Lipinski definition) is 3. The van der Waals surface area contributed by atoms with Crippen molar-refractivity contribution in [2.24, 2.45) is 7.05 Å². The van der Waals surface area contributed by atoms with E-state index in [9.17, 15) is 4.79 Å². The third-order valence-electron chi connectivity index (χ3n) is 5.45. The lowest BCUT2D eigenvalue weighted by molar-refractivity contribution is -0.131. The molecule has 0 aliphatic carbocycles. The van der Waals surface area contributed by atoms with Crippen LogP contribution in [-0.4, -0.2) is 38.4 Å². The first kappa shape index (κ1) is 17.6. The minimum atomic E-state index is -0.404. The van der Waals surface area contributed by atoms with Crippen LogP contribution >= 0.6 is 0 Å². The minimum absolute atomic E-state index is 0.0107. The van der Waals surface area contributed by atoms with Crippen LogP contribution in [0.2, 0.25) is 0 Å². The SMILES string of the molecule is Cc1ncc(-c2ccc3cnc(CC(=O)N4CCCCC4)c(F)c3c2)n1C. The molecule has 5 nitrogen and oxygen atoms in total. The highest BCUT2D eigenvalue weighted by molar-refractivity contribution is 5.88. The van der Waals surface area contributed by atoms with Gasteiger partial charge in [-0.05, 0) is 32.3 Å². The number of aryl methyl sites for hydroxylation is 1. The molecule has 1 saturated heterocycles. The number of nitrogens with zero attached hydrogens (tertiary/aromatic N) is 4. The van der Waals surface area contributed by atoms with Crippen LogP contribution in [0.4, 0.5) is 4.39 Å². The van der Waals surface area contributed by atoms with Crippen molar-refractivity contribution in [2.75, 3.05) is 13.1 Å². The number of piperidine rings is 1. The molecule has 1 aliphatic heterocycles. The van der Waals surface area contributed by atoms with Crippen LogP contribution in [0, 0.1) is 12.7 Å². The molecule has 4 rings (SSSR count). The molecular weight excluding hydrogens is 343 g/mol. The smallest absolute Gasteiger partial charge is 0.228 e. The monoisotopic (exact) mass is 366 g/mol. The van der Waals surface area contributed by atoms with Crippen molar-refractivity contribution in [2.45, 2.75) is 32.6 Å². The van der Waals surface area contributed by atoms with E-state index in [1.54, 1.807) is 12.4 Å². The quantitative estimate of drug-likeness (QED) is 0.711. The van der Waals surface area contributed by atoms with Crippen LogP contribution in [0.1, 0.15) is 30.8 Å². The van der Waals surface area contributed by atoms with Gasteiger partial charge < -0.3 is 9.47 Å². The Morgan fingerprint density at radius 2 is 1.93 bits per heavy atom. The fourth-order valence-corrected chi connectivity index (χ4v) is 3.67. The predicted molar refractivity (Wildman–Crippen MR) is 103 cm³/mol. The lowest BCUT2D eigenvalue weighted by atomic mass is 10.0. The molecule has 0 spiro atoms. The standard InChI is InChI=1S/C21H23FN4O/c1-14-23-13-19(25(14)2)15-6-7-16-12-24-18(21(22)17(16)10-15)11-20(27)26-8-4-3-5-9-26/h6-7,10,12-13H,3-5,8-9,11H2,1-2H3. The first-order valence-corrected chi connectivity index (χ1v) is 9.38. The molecule has 140 valence electrons. The Balaban J connectivity index is 1.68. The van der Waals surface area contributed by atoms with Gasteiger partial charge in [0.1, 0.15) is 5.82 Å². The molecule has 0 N–H and O–H groups in total. The number of amides is 1. The van der Waals surface area contributed by atoms with Crippen molar-refractivity contribution in [3.05, 3.63) is 47.9 Å². The number of rotatable bonds is 3. The third-order valence-corrected chi connectivity index (χ3v) is 5.45. The van der Waals surface area contributed by atoms with Gasteiger partial charge in [0, 0.05) is 42.7 Å². The average molecular weight is 366 g/mol. The third kappa shape index (κ3) is 3.31. The highest BCUT2D eigenvalue weighted by Crippen LogP contribution is 2.27. The van der Waals surface area contributed by atoms with Crippen molar-refractivity contribution < 1.29 is 9.18 Å². The summed E-state index contributed by atoms with van der Waals surface area (Å²) in [5.74, 6) is 0.450. The van der Waals surface area contributed by atoms with Gasteiger partial charge in [-0.2, -0.15) is 0 Å². The zero-order valence-electron chi connectivity index (χ0n) is 15.7. The summed E-state index contributed by atoms with van der Waals surface area (Å²) in [6.07, 6.45) is 6.64. The van der Waals surface area contributed by atoms with Crippen LogP contribution in [0.15, 0.2) is 30.6 Å². The highest BCUT2D eigenvalue weighted by Gasteiger charge is 2.20. The van der Waals surface area contributed by atoms with Crippen molar-refractivity contribution in [1.29, 1.82) is 0 Å². The van der Waals surface area contributed by atoms with Gasteiger partial charge in [-0.1, -0.05) is 12.1 Å². The van der Waals surface area contributed by atoms with E-state index in [2.05, 4.69) is 9.97 Å². The lowest BCUT2D eigenvalue weighted by Crippen LogP contribution is -2.36. The van der Waals surface area contributed by atoms with Gasteiger partial charge in [0.05, 0.1) is 24.0 Å². The van der Waals surface area contributed by atoms with Gasteiger partial charge in [0.15, 0.2) is 5.82 Å². The zero-order chi connectivity index (χ0) is 19.0. The Bertz CT molecular complexity index is 1000. The number of likely N-dealkylation sites (tertiary alicyclic amines) is 1. The van der Waals surface area contributed by atoms with E-state index in [1.807, 2.05) is 41.6 Å². The minimum Gasteiger partial charge on any atom is -0.342 e. The lowest BCUT2D eigenvalue weighted by Gasteiger charge is -2.26. The summed E-state index contributed by atoms with van der Waals surface area (Å²) < 4.78 is 17.1. The Labute approximate surface area is 157 Å². The molecule has 2 aromatic heterocycles. The summed E-state index contributed by atoms with van der Waals surface area (Å²) in [6.45, 7) is 3.45. The molecule has 1 fully saturated rings. The summed E-state index contributed by atoms with van der Waals surface area (Å²) >= 11 is 0. The number of benzene rings is 1. The second-order valence-electron chi connectivity index (χ2n) is 7.19. The molecule has 1 aromatic carbocycles. The van der Waals surface area contributed by atoms with Gasteiger partial charge in [-0.25, -0.2) is 9.37 Å². The van der Waals surface area contributed by atoms with Gasteiger partial charge in [0.25, 0.3) is 0 Å². The summed E-state index contributed by atoms with van der Waals surface area (Å²) in [6, 6.07) is 5.62. The maximum atomic E-state index is 15.1. The normalized spacial score (nSPS) is 14.7. The van der Waals surface area contributed by atoms with E-state index >= 15 is 4.39 Å². The van der Waals surface area contributed by atoms with Gasteiger partial charge in [0.2, 0.25) is 5.91 Å². The van der Waals surface area contributed by atoms with E-state index < -0.39 is 5.82 Å². The summed E-state index contributed by atoms with van der Waals surface area (Å²) in [5, 5.41) is 1.21. The Morgan fingerprint density at radius 3 is 2.63 bits per heavy atom. The number of imidazole rings is 1. The second-order valence-corrected chi connectivity index (χ2v) is 7.19. The second kappa shape index (κ2) is 7.10. The largest absolute Gasteiger partial charge is 0.342 e. The molecule has 27 heavy (non-hydrogen) atoms. The van der Waals surface area contributed by atoms with Gasteiger partial charge in [-0.15, -0.1) is 0 Å². The molecule has 0 radical (unpaired) electrons. The molecule has 3 aromatic rings. The molecule has 3 heterocycles. The molecule has 1 aliphatic rings. The number of carbonyl (C=O) groups is 1. The van der Waals surface area contributed by atoms with Crippen molar-refractivity contribution in [1.82, 2.24) is 19.4 Å². The van der Waals surface area contributed by atoms with E-state index in [4.69, 9.17) is 0 Å².